The Kier molecular flexibility index (Phi) is 5.99. The van der Waals surface area contributed by atoms with E-state index in [1.54, 1.807) is 0 Å². The molecule has 0 radical (unpaired) electrons. The maximum absolute atomic E-state index is 4.65. The lowest BCUT2D eigenvalue weighted by molar-refractivity contribution is 0.135. The van der Waals surface area contributed by atoms with Gasteiger partial charge in [-0.25, -0.2) is 0 Å². The minimum absolute atomic E-state index is 0.671. The highest BCUT2D eigenvalue weighted by Crippen LogP contribution is 2.18. The average Bonchev–Trinajstić information content (AvgIpc) is 2.40. The van der Waals surface area contributed by atoms with Crippen LogP contribution in [0.3, 0.4) is 0 Å². The monoisotopic (exact) mass is 275 g/mol. The normalized spacial score (nSPS) is 20.5. The van der Waals surface area contributed by atoms with Crippen LogP contribution < -0.4 is 5.32 Å². The van der Waals surface area contributed by atoms with Gasteiger partial charge in [-0.1, -0.05) is 26.3 Å². The summed E-state index contributed by atoms with van der Waals surface area (Å²) in [6, 6.07) is 7.01. The number of aryl methyl sites for hydroxylation is 1. The van der Waals surface area contributed by atoms with Crippen LogP contribution in [0.5, 0.6) is 0 Å². The van der Waals surface area contributed by atoms with Crippen molar-refractivity contribution in [3.8, 4) is 0 Å². The van der Waals surface area contributed by atoms with E-state index in [1.807, 2.05) is 0 Å². The van der Waals surface area contributed by atoms with Crippen LogP contribution in [0.2, 0.25) is 0 Å². The molecule has 0 saturated carbocycles. The summed E-state index contributed by atoms with van der Waals surface area (Å²) < 4.78 is 0. The Morgan fingerprint density at radius 2 is 2.20 bits per heavy atom. The van der Waals surface area contributed by atoms with Gasteiger partial charge in [-0.05, 0) is 50.9 Å². The topological polar surface area (TPSA) is 28.2 Å². The highest BCUT2D eigenvalue weighted by Gasteiger charge is 2.22. The molecule has 112 valence electrons. The molecular formula is C17H29N3. The minimum atomic E-state index is 0.671. The fourth-order valence-electron chi connectivity index (χ4n) is 2.93. The van der Waals surface area contributed by atoms with Crippen molar-refractivity contribution in [2.45, 2.75) is 52.6 Å². The van der Waals surface area contributed by atoms with Gasteiger partial charge in [0.05, 0.1) is 5.69 Å². The van der Waals surface area contributed by atoms with Crippen LogP contribution in [0.4, 0.5) is 0 Å². The van der Waals surface area contributed by atoms with Crippen LogP contribution in [-0.4, -0.2) is 35.6 Å². The summed E-state index contributed by atoms with van der Waals surface area (Å²) in [5.41, 5.74) is 2.33. The van der Waals surface area contributed by atoms with Gasteiger partial charge in [-0.2, -0.15) is 0 Å². The van der Waals surface area contributed by atoms with Crippen molar-refractivity contribution < 1.29 is 0 Å². The number of nitrogens with zero attached hydrogens (tertiary/aromatic N) is 2. The van der Waals surface area contributed by atoms with Crippen molar-refractivity contribution in [1.29, 1.82) is 0 Å². The zero-order valence-electron chi connectivity index (χ0n) is 13.2. The van der Waals surface area contributed by atoms with E-state index in [0.717, 1.165) is 31.2 Å². The molecule has 1 aliphatic heterocycles. The van der Waals surface area contributed by atoms with Crippen molar-refractivity contribution >= 4 is 0 Å². The van der Waals surface area contributed by atoms with E-state index in [9.17, 15) is 0 Å². The van der Waals surface area contributed by atoms with Crippen LogP contribution in [0.1, 0.15) is 44.5 Å². The summed E-state index contributed by atoms with van der Waals surface area (Å²) >= 11 is 0. The first-order chi connectivity index (χ1) is 9.65. The van der Waals surface area contributed by atoms with E-state index in [-0.39, 0.29) is 0 Å². The average molecular weight is 275 g/mol. The summed E-state index contributed by atoms with van der Waals surface area (Å²) in [6.07, 6.45) is 4.01. The fourth-order valence-corrected chi connectivity index (χ4v) is 2.93. The SMILES string of the molecule is Cc1cccc(CN2CCCCC2CNCC(C)C)n1. The lowest BCUT2D eigenvalue weighted by atomic mass is 10.0. The Hall–Kier alpha value is -0.930. The molecule has 2 heterocycles. The van der Waals surface area contributed by atoms with Gasteiger partial charge in [-0.15, -0.1) is 0 Å². The molecule has 0 bridgehead atoms. The number of hydrogen-bond acceptors (Lipinski definition) is 3. The van der Waals surface area contributed by atoms with Crippen LogP contribution >= 0.6 is 0 Å². The van der Waals surface area contributed by atoms with Crippen LogP contribution in [0, 0.1) is 12.8 Å². The summed E-state index contributed by atoms with van der Waals surface area (Å²) in [6.45, 7) is 11.0. The predicted octanol–water partition coefficient (Wildman–Crippen LogP) is 2.99. The molecule has 0 aromatic carbocycles. The zero-order chi connectivity index (χ0) is 14.4. The predicted molar refractivity (Wildman–Crippen MR) is 84.7 cm³/mol. The van der Waals surface area contributed by atoms with Gasteiger partial charge < -0.3 is 5.32 Å². The zero-order valence-corrected chi connectivity index (χ0v) is 13.2. The molecule has 0 aliphatic carbocycles. The van der Waals surface area contributed by atoms with Crippen molar-refractivity contribution in [1.82, 2.24) is 15.2 Å². The lowest BCUT2D eigenvalue weighted by Crippen LogP contribution is -2.45. The highest BCUT2D eigenvalue weighted by atomic mass is 15.2. The lowest BCUT2D eigenvalue weighted by Gasteiger charge is -2.36. The number of hydrogen-bond donors (Lipinski definition) is 1. The first-order valence-corrected chi connectivity index (χ1v) is 8.02. The number of pyridine rings is 1. The second-order valence-electron chi connectivity index (χ2n) is 6.44. The van der Waals surface area contributed by atoms with Gasteiger partial charge in [-0.3, -0.25) is 9.88 Å². The van der Waals surface area contributed by atoms with Gasteiger partial charge >= 0.3 is 0 Å². The molecule has 1 aliphatic rings. The first kappa shape index (κ1) is 15.5. The van der Waals surface area contributed by atoms with E-state index < -0.39 is 0 Å². The molecule has 2 rings (SSSR count). The first-order valence-electron chi connectivity index (χ1n) is 8.02. The van der Waals surface area contributed by atoms with Crippen molar-refractivity contribution in [3.63, 3.8) is 0 Å². The van der Waals surface area contributed by atoms with Gasteiger partial charge in [0.15, 0.2) is 0 Å². The minimum Gasteiger partial charge on any atom is -0.315 e. The number of nitrogens with one attached hydrogen (secondary N) is 1. The van der Waals surface area contributed by atoms with Gasteiger partial charge in [0.2, 0.25) is 0 Å². The third kappa shape index (κ3) is 4.88. The highest BCUT2D eigenvalue weighted by molar-refractivity contribution is 5.10. The molecule has 1 fully saturated rings. The Bertz CT molecular complexity index is 403. The summed E-state index contributed by atoms with van der Waals surface area (Å²) in [5.74, 6) is 0.727. The Morgan fingerprint density at radius 1 is 1.35 bits per heavy atom. The molecule has 1 saturated heterocycles. The van der Waals surface area contributed by atoms with Crippen LogP contribution in [0.15, 0.2) is 18.2 Å². The van der Waals surface area contributed by atoms with Gasteiger partial charge in [0, 0.05) is 24.8 Å². The molecule has 20 heavy (non-hydrogen) atoms. The van der Waals surface area contributed by atoms with Crippen molar-refractivity contribution in [2.75, 3.05) is 19.6 Å². The standard InChI is InChI=1S/C17H29N3/c1-14(2)11-18-12-17-9-4-5-10-20(17)13-16-8-6-7-15(3)19-16/h6-8,14,17-18H,4-5,9-13H2,1-3H3. The van der Waals surface area contributed by atoms with Gasteiger partial charge in [0.25, 0.3) is 0 Å². The molecule has 0 amide bonds. The van der Waals surface area contributed by atoms with Crippen molar-refractivity contribution in [2.24, 2.45) is 5.92 Å². The van der Waals surface area contributed by atoms with E-state index in [1.165, 1.54) is 31.5 Å². The largest absolute Gasteiger partial charge is 0.315 e. The Morgan fingerprint density at radius 3 is 2.95 bits per heavy atom. The summed E-state index contributed by atoms with van der Waals surface area (Å²) in [5, 5.41) is 3.62. The third-order valence-corrected chi connectivity index (χ3v) is 3.99. The maximum Gasteiger partial charge on any atom is 0.0547 e. The number of piperidine rings is 1. The van der Waals surface area contributed by atoms with E-state index in [0.29, 0.717) is 6.04 Å². The van der Waals surface area contributed by atoms with Crippen molar-refractivity contribution in [3.05, 3.63) is 29.6 Å². The molecule has 1 N–H and O–H groups in total. The smallest absolute Gasteiger partial charge is 0.0547 e. The van der Waals surface area contributed by atoms with Gasteiger partial charge in [0.1, 0.15) is 0 Å². The quantitative estimate of drug-likeness (QED) is 0.865. The third-order valence-electron chi connectivity index (χ3n) is 3.99. The number of aromatic nitrogens is 1. The number of rotatable bonds is 6. The maximum atomic E-state index is 4.65. The molecule has 1 atom stereocenters. The molecule has 3 heteroatoms. The Labute approximate surface area is 123 Å². The number of likely N-dealkylation sites (tertiary alicyclic amines) is 1. The molecule has 1 unspecified atom stereocenters. The van der Waals surface area contributed by atoms with E-state index >= 15 is 0 Å². The van der Waals surface area contributed by atoms with Crippen LogP contribution in [-0.2, 0) is 6.54 Å². The van der Waals surface area contributed by atoms with E-state index in [4.69, 9.17) is 0 Å². The second kappa shape index (κ2) is 7.75. The molecule has 0 spiro atoms. The Balaban J connectivity index is 1.89. The molecule has 1 aromatic heterocycles. The van der Waals surface area contributed by atoms with Crippen LogP contribution in [0.25, 0.3) is 0 Å². The molecule has 3 nitrogen and oxygen atoms in total. The van der Waals surface area contributed by atoms with E-state index in [2.05, 4.69) is 54.2 Å². The summed E-state index contributed by atoms with van der Waals surface area (Å²) in [7, 11) is 0. The fraction of sp³-hybridized carbons (Fsp3) is 0.706. The summed E-state index contributed by atoms with van der Waals surface area (Å²) in [4.78, 5) is 7.26. The molecule has 1 aromatic rings. The molecular weight excluding hydrogens is 246 g/mol. The second-order valence-corrected chi connectivity index (χ2v) is 6.44.